The molecule has 3 heterocycles. The molecular weight excluding hydrogens is 358 g/mol. The first-order valence-corrected chi connectivity index (χ1v) is 10.5. The maximum Gasteiger partial charge on any atom is 0.287 e. The van der Waals surface area contributed by atoms with E-state index in [0.717, 1.165) is 77.2 Å². The van der Waals surface area contributed by atoms with Gasteiger partial charge >= 0.3 is 0 Å². The molecule has 0 radical (unpaired) electrons. The average molecular weight is 392 g/mol. The summed E-state index contributed by atoms with van der Waals surface area (Å²) in [6, 6.07) is 0. The SMILES string of the molecule is CCCCN(C)C(=O)c1nc(C(=O)NCCN2CCOCC2)n2c1CCCC2. The fourth-order valence-corrected chi connectivity index (χ4v) is 3.80. The van der Waals surface area contributed by atoms with Crippen molar-refractivity contribution < 1.29 is 14.3 Å². The van der Waals surface area contributed by atoms with Gasteiger partial charge in [-0.3, -0.25) is 14.5 Å². The molecule has 1 fully saturated rings. The summed E-state index contributed by atoms with van der Waals surface area (Å²) in [6.07, 6.45) is 4.85. The molecule has 1 saturated heterocycles. The second-order valence-corrected chi connectivity index (χ2v) is 7.63. The van der Waals surface area contributed by atoms with Crippen molar-refractivity contribution in [2.45, 2.75) is 45.6 Å². The molecule has 0 aliphatic carbocycles. The summed E-state index contributed by atoms with van der Waals surface area (Å²) >= 11 is 0. The Morgan fingerprint density at radius 3 is 2.75 bits per heavy atom. The molecule has 2 aliphatic rings. The fourth-order valence-electron chi connectivity index (χ4n) is 3.80. The van der Waals surface area contributed by atoms with Gasteiger partial charge in [-0.15, -0.1) is 0 Å². The monoisotopic (exact) mass is 391 g/mol. The summed E-state index contributed by atoms with van der Waals surface area (Å²) in [5, 5.41) is 2.98. The lowest BCUT2D eigenvalue weighted by molar-refractivity contribution is 0.0383. The molecule has 8 nitrogen and oxygen atoms in total. The number of imidazole rings is 1. The minimum Gasteiger partial charge on any atom is -0.379 e. The van der Waals surface area contributed by atoms with E-state index in [1.807, 2.05) is 11.6 Å². The Morgan fingerprint density at radius 2 is 2.00 bits per heavy atom. The van der Waals surface area contributed by atoms with Gasteiger partial charge in [0.15, 0.2) is 5.82 Å². The number of fused-ring (bicyclic) bond motifs is 1. The minimum atomic E-state index is -0.188. The van der Waals surface area contributed by atoms with Crippen molar-refractivity contribution in [2.24, 2.45) is 0 Å². The third-order valence-corrected chi connectivity index (χ3v) is 5.53. The van der Waals surface area contributed by atoms with E-state index in [0.29, 0.717) is 24.6 Å². The third-order valence-electron chi connectivity index (χ3n) is 5.53. The average Bonchev–Trinajstić information content (AvgIpc) is 3.12. The van der Waals surface area contributed by atoms with E-state index >= 15 is 0 Å². The van der Waals surface area contributed by atoms with Gasteiger partial charge in [-0.05, 0) is 25.7 Å². The Balaban J connectivity index is 1.67. The Morgan fingerprint density at radius 1 is 1.21 bits per heavy atom. The van der Waals surface area contributed by atoms with Gasteiger partial charge in [-0.1, -0.05) is 13.3 Å². The van der Waals surface area contributed by atoms with Gasteiger partial charge in [0, 0.05) is 46.3 Å². The molecule has 0 unspecified atom stereocenters. The number of rotatable bonds is 8. The highest BCUT2D eigenvalue weighted by Crippen LogP contribution is 2.22. The number of aromatic nitrogens is 2. The summed E-state index contributed by atoms with van der Waals surface area (Å²) in [5.74, 6) is 0.113. The lowest BCUT2D eigenvalue weighted by atomic mass is 10.1. The van der Waals surface area contributed by atoms with Gasteiger partial charge < -0.3 is 19.5 Å². The van der Waals surface area contributed by atoms with E-state index in [2.05, 4.69) is 22.1 Å². The van der Waals surface area contributed by atoms with Gasteiger partial charge in [-0.2, -0.15) is 0 Å². The van der Waals surface area contributed by atoms with Crippen LogP contribution in [0.2, 0.25) is 0 Å². The molecular formula is C20H33N5O3. The topological polar surface area (TPSA) is 79.7 Å². The summed E-state index contributed by atoms with van der Waals surface area (Å²) in [6.45, 7) is 8.24. The highest BCUT2D eigenvalue weighted by atomic mass is 16.5. The second kappa shape index (κ2) is 10.0. The highest BCUT2D eigenvalue weighted by Gasteiger charge is 2.28. The second-order valence-electron chi connectivity index (χ2n) is 7.63. The summed E-state index contributed by atoms with van der Waals surface area (Å²) < 4.78 is 7.30. The van der Waals surface area contributed by atoms with Gasteiger partial charge in [0.25, 0.3) is 11.8 Å². The van der Waals surface area contributed by atoms with Crippen molar-refractivity contribution >= 4 is 11.8 Å². The number of hydrogen-bond donors (Lipinski definition) is 1. The van der Waals surface area contributed by atoms with E-state index in [4.69, 9.17) is 4.74 Å². The molecule has 8 heteroatoms. The quantitative estimate of drug-likeness (QED) is 0.719. The van der Waals surface area contributed by atoms with E-state index in [1.54, 1.807) is 4.90 Å². The van der Waals surface area contributed by atoms with Crippen molar-refractivity contribution in [1.82, 2.24) is 24.7 Å². The Kier molecular flexibility index (Phi) is 7.44. The van der Waals surface area contributed by atoms with Gasteiger partial charge in [0.05, 0.1) is 18.9 Å². The molecule has 1 aromatic rings. The van der Waals surface area contributed by atoms with E-state index in [1.165, 1.54) is 0 Å². The maximum absolute atomic E-state index is 12.9. The van der Waals surface area contributed by atoms with Gasteiger partial charge in [0.2, 0.25) is 0 Å². The number of nitrogens with zero attached hydrogens (tertiary/aromatic N) is 4. The molecule has 0 saturated carbocycles. The normalized spacial score (nSPS) is 17.2. The largest absolute Gasteiger partial charge is 0.379 e. The first kappa shape index (κ1) is 20.8. The van der Waals surface area contributed by atoms with Crippen LogP contribution in [0.4, 0.5) is 0 Å². The zero-order valence-electron chi connectivity index (χ0n) is 17.2. The lowest BCUT2D eigenvalue weighted by Gasteiger charge is -2.26. The van der Waals surface area contributed by atoms with Crippen LogP contribution < -0.4 is 5.32 Å². The predicted octanol–water partition coefficient (Wildman–Crippen LogP) is 1.15. The number of carbonyl (C=O) groups excluding carboxylic acids is 2. The fraction of sp³-hybridized carbons (Fsp3) is 0.750. The van der Waals surface area contributed by atoms with Gasteiger partial charge in [0.1, 0.15) is 5.69 Å². The number of nitrogens with one attached hydrogen (secondary N) is 1. The number of morpholine rings is 1. The summed E-state index contributed by atoms with van der Waals surface area (Å²) in [4.78, 5) is 34.2. The number of ether oxygens (including phenoxy) is 1. The summed E-state index contributed by atoms with van der Waals surface area (Å²) in [7, 11) is 1.81. The zero-order valence-corrected chi connectivity index (χ0v) is 17.2. The highest BCUT2D eigenvalue weighted by molar-refractivity contribution is 5.97. The molecule has 1 aromatic heterocycles. The molecule has 0 bridgehead atoms. The molecule has 0 atom stereocenters. The van der Waals surface area contributed by atoms with E-state index in [-0.39, 0.29) is 11.8 Å². The Hall–Kier alpha value is -1.93. The number of carbonyl (C=O) groups is 2. The van der Waals surface area contributed by atoms with Crippen LogP contribution in [0.1, 0.15) is 59.4 Å². The van der Waals surface area contributed by atoms with Crippen LogP contribution in [-0.4, -0.2) is 84.2 Å². The molecule has 0 aromatic carbocycles. The molecule has 2 amide bonds. The molecule has 2 aliphatic heterocycles. The predicted molar refractivity (Wildman–Crippen MR) is 107 cm³/mol. The smallest absolute Gasteiger partial charge is 0.287 e. The number of unbranched alkanes of at least 4 members (excludes halogenated alkanes) is 1. The zero-order chi connectivity index (χ0) is 19.9. The van der Waals surface area contributed by atoms with E-state index in [9.17, 15) is 9.59 Å². The minimum absolute atomic E-state index is 0.0773. The van der Waals surface area contributed by atoms with Crippen LogP contribution in [0.25, 0.3) is 0 Å². The number of hydrogen-bond acceptors (Lipinski definition) is 5. The first-order valence-electron chi connectivity index (χ1n) is 10.5. The van der Waals surface area contributed by atoms with Crippen LogP contribution in [0, 0.1) is 0 Å². The van der Waals surface area contributed by atoms with Crippen molar-refractivity contribution in [3.8, 4) is 0 Å². The van der Waals surface area contributed by atoms with Crippen LogP contribution in [0.15, 0.2) is 0 Å². The van der Waals surface area contributed by atoms with Crippen LogP contribution in [-0.2, 0) is 17.7 Å². The Labute approximate surface area is 167 Å². The Bertz CT molecular complexity index is 682. The van der Waals surface area contributed by atoms with Crippen LogP contribution in [0.3, 0.4) is 0 Å². The molecule has 3 rings (SSSR count). The number of amides is 2. The summed E-state index contributed by atoms with van der Waals surface area (Å²) in [5.41, 5.74) is 1.37. The molecule has 28 heavy (non-hydrogen) atoms. The van der Waals surface area contributed by atoms with Crippen molar-refractivity contribution in [3.63, 3.8) is 0 Å². The van der Waals surface area contributed by atoms with Gasteiger partial charge in [-0.25, -0.2) is 4.98 Å². The first-order chi connectivity index (χ1) is 13.6. The van der Waals surface area contributed by atoms with Crippen LogP contribution >= 0.6 is 0 Å². The molecule has 156 valence electrons. The molecule has 0 spiro atoms. The lowest BCUT2D eigenvalue weighted by Crippen LogP contribution is -2.41. The van der Waals surface area contributed by atoms with Crippen molar-refractivity contribution in [2.75, 3.05) is 53.0 Å². The van der Waals surface area contributed by atoms with Crippen molar-refractivity contribution in [3.05, 3.63) is 17.2 Å². The van der Waals surface area contributed by atoms with E-state index < -0.39 is 0 Å². The van der Waals surface area contributed by atoms with Crippen molar-refractivity contribution in [1.29, 1.82) is 0 Å². The third kappa shape index (κ3) is 4.91. The molecule has 1 N–H and O–H groups in total. The standard InChI is InChI=1S/C20H33N5O3/c1-3-4-9-23(2)20(27)17-16-7-5-6-10-25(16)18(22-17)19(26)21-8-11-24-12-14-28-15-13-24/h3-15H2,1-2H3,(H,21,26). The van der Waals surface area contributed by atoms with Crippen LogP contribution in [0.5, 0.6) is 0 Å². The maximum atomic E-state index is 12.9.